The lowest BCUT2D eigenvalue weighted by Gasteiger charge is -2.24. The summed E-state index contributed by atoms with van der Waals surface area (Å²) < 4.78 is 11.5. The molecule has 0 aliphatic carbocycles. The molecule has 1 N–H and O–H groups in total. The summed E-state index contributed by atoms with van der Waals surface area (Å²) in [7, 11) is 1.96. The van der Waals surface area contributed by atoms with Crippen molar-refractivity contribution in [2.45, 2.75) is 19.1 Å². The first kappa shape index (κ1) is 15.5. The molecule has 0 aliphatic heterocycles. The summed E-state index contributed by atoms with van der Waals surface area (Å²) in [5.74, 6) is 0.877. The highest BCUT2D eigenvalue weighted by molar-refractivity contribution is 5.21. The van der Waals surface area contributed by atoms with E-state index in [1.165, 1.54) is 5.56 Å². The Hall–Kier alpha value is -1.84. The lowest BCUT2D eigenvalue weighted by molar-refractivity contribution is 0.0231. The lowest BCUT2D eigenvalue weighted by atomic mass is 10.0. The molecule has 0 amide bonds. The second-order valence-electron chi connectivity index (χ2n) is 4.91. The molecule has 21 heavy (non-hydrogen) atoms. The predicted octanol–water partition coefficient (Wildman–Crippen LogP) is 3.43. The number of likely N-dealkylation sites (N-methyl/N-ethyl adjacent to an activating group) is 1. The van der Waals surface area contributed by atoms with Gasteiger partial charge in [-0.05, 0) is 31.7 Å². The number of para-hydroxylation sites is 1. The molecule has 3 nitrogen and oxygen atoms in total. The maximum Gasteiger partial charge on any atom is 0.119 e. The normalized spacial score (nSPS) is 13.6. The molecule has 0 aromatic heterocycles. The van der Waals surface area contributed by atoms with Gasteiger partial charge in [-0.3, -0.25) is 0 Å². The van der Waals surface area contributed by atoms with E-state index in [2.05, 4.69) is 24.4 Å². The van der Waals surface area contributed by atoms with Gasteiger partial charge in [0.2, 0.25) is 0 Å². The Kier molecular flexibility index (Phi) is 6.25. The molecule has 2 aromatic carbocycles. The molecule has 0 saturated heterocycles. The SMILES string of the molecule is CNC(c1ccccc1)C(C)OCCOc1ccccc1. The minimum Gasteiger partial charge on any atom is -0.491 e. The molecule has 2 atom stereocenters. The number of ether oxygens (including phenoxy) is 2. The topological polar surface area (TPSA) is 30.5 Å². The highest BCUT2D eigenvalue weighted by Crippen LogP contribution is 2.18. The first-order valence-electron chi connectivity index (χ1n) is 7.33. The predicted molar refractivity (Wildman–Crippen MR) is 85.6 cm³/mol. The molecular weight excluding hydrogens is 262 g/mol. The number of benzene rings is 2. The third kappa shape index (κ3) is 4.88. The molecule has 0 saturated carbocycles. The summed E-state index contributed by atoms with van der Waals surface area (Å²) in [5.41, 5.74) is 1.23. The number of nitrogens with one attached hydrogen (secondary N) is 1. The summed E-state index contributed by atoms with van der Waals surface area (Å²) in [4.78, 5) is 0. The van der Waals surface area contributed by atoms with Crippen LogP contribution in [-0.4, -0.2) is 26.4 Å². The van der Waals surface area contributed by atoms with Gasteiger partial charge in [-0.2, -0.15) is 0 Å². The van der Waals surface area contributed by atoms with Crippen molar-refractivity contribution in [3.63, 3.8) is 0 Å². The number of hydrogen-bond acceptors (Lipinski definition) is 3. The van der Waals surface area contributed by atoms with E-state index in [9.17, 15) is 0 Å². The van der Waals surface area contributed by atoms with Crippen molar-refractivity contribution in [2.75, 3.05) is 20.3 Å². The third-order valence-corrected chi connectivity index (χ3v) is 3.42. The first-order chi connectivity index (χ1) is 10.3. The van der Waals surface area contributed by atoms with Gasteiger partial charge in [0, 0.05) is 0 Å². The molecule has 2 unspecified atom stereocenters. The van der Waals surface area contributed by atoms with Crippen molar-refractivity contribution in [1.29, 1.82) is 0 Å². The van der Waals surface area contributed by atoms with Gasteiger partial charge >= 0.3 is 0 Å². The standard InChI is InChI=1S/C18H23NO2/c1-15(18(19-2)16-9-5-3-6-10-16)20-13-14-21-17-11-7-4-8-12-17/h3-12,15,18-19H,13-14H2,1-2H3. The van der Waals surface area contributed by atoms with Crippen molar-refractivity contribution >= 4 is 0 Å². The van der Waals surface area contributed by atoms with E-state index in [4.69, 9.17) is 9.47 Å². The zero-order valence-electron chi connectivity index (χ0n) is 12.7. The van der Waals surface area contributed by atoms with Crippen molar-refractivity contribution in [2.24, 2.45) is 0 Å². The van der Waals surface area contributed by atoms with Gasteiger partial charge in [-0.15, -0.1) is 0 Å². The summed E-state index contributed by atoms with van der Waals surface area (Å²) in [5, 5.41) is 3.31. The quantitative estimate of drug-likeness (QED) is 0.754. The highest BCUT2D eigenvalue weighted by Gasteiger charge is 2.17. The summed E-state index contributed by atoms with van der Waals surface area (Å²) in [6.07, 6.45) is 0.0803. The van der Waals surface area contributed by atoms with Crippen LogP contribution in [0.15, 0.2) is 60.7 Å². The molecule has 0 aliphatic rings. The third-order valence-electron chi connectivity index (χ3n) is 3.42. The zero-order valence-corrected chi connectivity index (χ0v) is 12.7. The fraction of sp³-hybridized carbons (Fsp3) is 0.333. The Morgan fingerprint density at radius 2 is 1.52 bits per heavy atom. The summed E-state index contributed by atoms with van der Waals surface area (Å²) >= 11 is 0. The first-order valence-corrected chi connectivity index (χ1v) is 7.33. The monoisotopic (exact) mass is 285 g/mol. The zero-order chi connectivity index (χ0) is 14.9. The second-order valence-corrected chi connectivity index (χ2v) is 4.91. The van der Waals surface area contributed by atoms with E-state index in [1.54, 1.807) is 0 Å². The van der Waals surface area contributed by atoms with Crippen molar-refractivity contribution in [3.05, 3.63) is 66.2 Å². The van der Waals surface area contributed by atoms with Gasteiger partial charge in [-0.1, -0.05) is 48.5 Å². The minimum atomic E-state index is 0.0803. The Labute approximate surface area is 126 Å². The van der Waals surface area contributed by atoms with Crippen LogP contribution in [0.4, 0.5) is 0 Å². The van der Waals surface area contributed by atoms with Gasteiger partial charge in [0.1, 0.15) is 12.4 Å². The van der Waals surface area contributed by atoms with E-state index >= 15 is 0 Å². The smallest absolute Gasteiger partial charge is 0.119 e. The molecule has 0 bridgehead atoms. The number of hydrogen-bond donors (Lipinski definition) is 1. The van der Waals surface area contributed by atoms with Crippen LogP contribution in [0.25, 0.3) is 0 Å². The number of rotatable bonds is 8. The average molecular weight is 285 g/mol. The van der Waals surface area contributed by atoms with Crippen molar-refractivity contribution in [3.8, 4) is 5.75 Å². The molecule has 0 fully saturated rings. The van der Waals surface area contributed by atoms with Gasteiger partial charge in [0.15, 0.2) is 0 Å². The van der Waals surface area contributed by atoms with Gasteiger partial charge in [0.05, 0.1) is 18.8 Å². The Morgan fingerprint density at radius 3 is 2.14 bits per heavy atom. The molecule has 2 rings (SSSR count). The van der Waals surface area contributed by atoms with E-state index in [-0.39, 0.29) is 12.1 Å². The van der Waals surface area contributed by atoms with Crippen LogP contribution >= 0.6 is 0 Å². The van der Waals surface area contributed by atoms with Gasteiger partial charge in [-0.25, -0.2) is 0 Å². The van der Waals surface area contributed by atoms with E-state index in [0.717, 1.165) is 5.75 Å². The second kappa shape index (κ2) is 8.45. The maximum atomic E-state index is 5.88. The van der Waals surface area contributed by atoms with Crippen LogP contribution < -0.4 is 10.1 Å². The molecule has 2 aromatic rings. The van der Waals surface area contributed by atoms with Crippen molar-refractivity contribution in [1.82, 2.24) is 5.32 Å². The van der Waals surface area contributed by atoms with Crippen LogP contribution in [0.5, 0.6) is 5.75 Å². The van der Waals surface area contributed by atoms with Gasteiger partial charge in [0.25, 0.3) is 0 Å². The van der Waals surface area contributed by atoms with E-state index in [1.807, 2.05) is 55.6 Å². The largest absolute Gasteiger partial charge is 0.491 e. The van der Waals surface area contributed by atoms with Crippen LogP contribution in [-0.2, 0) is 4.74 Å². The van der Waals surface area contributed by atoms with Crippen LogP contribution in [0, 0.1) is 0 Å². The Morgan fingerprint density at radius 1 is 0.905 bits per heavy atom. The van der Waals surface area contributed by atoms with Gasteiger partial charge < -0.3 is 14.8 Å². The Bertz CT molecular complexity index is 501. The molecule has 0 heterocycles. The van der Waals surface area contributed by atoms with E-state index in [0.29, 0.717) is 13.2 Å². The van der Waals surface area contributed by atoms with Crippen molar-refractivity contribution < 1.29 is 9.47 Å². The fourth-order valence-corrected chi connectivity index (χ4v) is 2.34. The highest BCUT2D eigenvalue weighted by atomic mass is 16.5. The minimum absolute atomic E-state index is 0.0803. The van der Waals surface area contributed by atoms with Crippen LogP contribution in [0.2, 0.25) is 0 Å². The van der Waals surface area contributed by atoms with Crippen LogP contribution in [0.3, 0.4) is 0 Å². The molecular formula is C18H23NO2. The van der Waals surface area contributed by atoms with Crippen LogP contribution in [0.1, 0.15) is 18.5 Å². The molecule has 112 valence electrons. The molecule has 3 heteroatoms. The fourth-order valence-electron chi connectivity index (χ4n) is 2.34. The Balaban J connectivity index is 1.77. The average Bonchev–Trinajstić information content (AvgIpc) is 2.54. The maximum absolute atomic E-state index is 5.88. The van der Waals surface area contributed by atoms with E-state index < -0.39 is 0 Å². The lowest BCUT2D eigenvalue weighted by Crippen LogP contribution is -2.30. The summed E-state index contributed by atoms with van der Waals surface area (Å²) in [6.45, 7) is 3.21. The molecule has 0 radical (unpaired) electrons. The summed E-state index contributed by atoms with van der Waals surface area (Å²) in [6, 6.07) is 20.3. The molecule has 0 spiro atoms.